The van der Waals surface area contributed by atoms with E-state index in [1.165, 1.54) is 0 Å². The highest BCUT2D eigenvalue weighted by molar-refractivity contribution is 6.34. The van der Waals surface area contributed by atoms with E-state index in [0.29, 0.717) is 27.5 Å². The second-order valence-electron chi connectivity index (χ2n) is 5.00. The summed E-state index contributed by atoms with van der Waals surface area (Å²) in [5.74, 6) is 1.64. The number of aromatic nitrogens is 2. The Kier molecular flexibility index (Phi) is 4.58. The number of nitrogens with zero attached hydrogens (tertiary/aromatic N) is 2. The highest BCUT2D eigenvalue weighted by Crippen LogP contribution is 2.32. The van der Waals surface area contributed by atoms with Crippen LogP contribution in [0.5, 0.6) is 5.75 Å². The molecule has 1 aromatic heterocycles. The van der Waals surface area contributed by atoms with Crippen molar-refractivity contribution in [3.8, 4) is 5.75 Å². The van der Waals surface area contributed by atoms with Gasteiger partial charge in [-0.15, -0.1) is 0 Å². The van der Waals surface area contributed by atoms with Crippen molar-refractivity contribution >= 4 is 23.2 Å². The van der Waals surface area contributed by atoms with Crippen molar-refractivity contribution in [2.45, 2.75) is 12.5 Å². The van der Waals surface area contributed by atoms with Gasteiger partial charge >= 0.3 is 0 Å². The van der Waals surface area contributed by atoms with Gasteiger partial charge < -0.3 is 10.1 Å². The summed E-state index contributed by atoms with van der Waals surface area (Å²) in [6.45, 7) is 1.87. The second kappa shape index (κ2) is 6.60. The molecule has 110 valence electrons. The molecule has 0 saturated carbocycles. The third kappa shape index (κ3) is 3.64. The van der Waals surface area contributed by atoms with Crippen LogP contribution in [0.15, 0.2) is 36.7 Å². The summed E-state index contributed by atoms with van der Waals surface area (Å²) in [6.07, 6.45) is 4.27. The highest BCUT2D eigenvalue weighted by atomic mass is 35.5. The monoisotopic (exact) mass is 323 g/mol. The smallest absolute Gasteiger partial charge is 0.169 e. The van der Waals surface area contributed by atoms with E-state index in [9.17, 15) is 0 Å². The van der Waals surface area contributed by atoms with Crippen LogP contribution in [0, 0.1) is 5.92 Å². The van der Waals surface area contributed by atoms with Gasteiger partial charge in [0.1, 0.15) is 5.75 Å². The van der Waals surface area contributed by atoms with Crippen molar-refractivity contribution in [3.05, 3.63) is 52.5 Å². The van der Waals surface area contributed by atoms with E-state index in [1.807, 2.05) is 0 Å². The fraction of sp³-hybridized carbons (Fsp3) is 0.333. The van der Waals surface area contributed by atoms with Crippen LogP contribution in [-0.4, -0.2) is 23.1 Å². The maximum Gasteiger partial charge on any atom is 0.169 e. The first-order valence-corrected chi connectivity index (χ1v) is 7.58. The molecule has 2 aromatic rings. The average molecular weight is 324 g/mol. The molecule has 2 heterocycles. The van der Waals surface area contributed by atoms with Gasteiger partial charge in [0.05, 0.1) is 0 Å². The molecule has 0 bridgehead atoms. The van der Waals surface area contributed by atoms with Crippen LogP contribution in [0.3, 0.4) is 0 Å². The van der Waals surface area contributed by atoms with Crippen LogP contribution in [0.4, 0.5) is 0 Å². The molecule has 0 spiro atoms. The number of hydrogen-bond acceptors (Lipinski definition) is 4. The number of hydrogen-bond donors (Lipinski definition) is 1. The van der Waals surface area contributed by atoms with Gasteiger partial charge in [-0.3, -0.25) is 0 Å². The molecule has 1 unspecified atom stereocenters. The number of ether oxygens (including phenoxy) is 1. The molecule has 4 nitrogen and oxygen atoms in total. The minimum absolute atomic E-state index is 0.212. The number of nitrogens with one attached hydrogen (secondary N) is 1. The van der Waals surface area contributed by atoms with Crippen molar-refractivity contribution in [2.75, 3.05) is 13.1 Å². The van der Waals surface area contributed by atoms with Crippen molar-refractivity contribution in [2.24, 2.45) is 5.92 Å². The lowest BCUT2D eigenvalue weighted by molar-refractivity contribution is 0.135. The molecule has 1 fully saturated rings. The van der Waals surface area contributed by atoms with Crippen LogP contribution in [0.2, 0.25) is 10.0 Å². The Hall–Kier alpha value is -1.36. The van der Waals surface area contributed by atoms with Crippen molar-refractivity contribution < 1.29 is 4.74 Å². The Bertz CT molecular complexity index is 583. The van der Waals surface area contributed by atoms with E-state index in [2.05, 4.69) is 15.3 Å². The molecule has 1 aliphatic heterocycles. The quantitative estimate of drug-likeness (QED) is 0.935. The summed E-state index contributed by atoms with van der Waals surface area (Å²) < 4.78 is 6.11. The predicted molar refractivity (Wildman–Crippen MR) is 82.8 cm³/mol. The minimum atomic E-state index is -0.212. The first kappa shape index (κ1) is 14.6. The van der Waals surface area contributed by atoms with Crippen LogP contribution < -0.4 is 10.1 Å². The third-order valence-electron chi connectivity index (χ3n) is 3.47. The zero-order valence-electron chi connectivity index (χ0n) is 11.3. The lowest BCUT2D eigenvalue weighted by Gasteiger charge is -2.23. The average Bonchev–Trinajstić information content (AvgIpc) is 2.98. The molecule has 0 aliphatic carbocycles. The standard InChI is InChI=1S/C15H15Cl2N3O/c16-11-6-12(17)8-13(7-11)21-14(10-2-5-18-9-10)15-19-3-1-4-20-15/h1,3-4,6-8,10,14,18H,2,5,9H2/t10-,14?/m0/s1. The van der Waals surface area contributed by atoms with Crippen LogP contribution in [0.25, 0.3) is 0 Å². The van der Waals surface area contributed by atoms with E-state index in [-0.39, 0.29) is 6.10 Å². The normalized spacial score (nSPS) is 19.4. The summed E-state index contributed by atoms with van der Waals surface area (Å²) in [5, 5.41) is 4.44. The Balaban J connectivity index is 1.88. The Morgan fingerprint density at radius 3 is 2.48 bits per heavy atom. The summed E-state index contributed by atoms with van der Waals surface area (Å²) in [5.41, 5.74) is 0. The number of halogens is 2. The molecule has 1 saturated heterocycles. The number of benzene rings is 1. The summed E-state index contributed by atoms with van der Waals surface area (Å²) in [6, 6.07) is 6.99. The topological polar surface area (TPSA) is 47.0 Å². The minimum Gasteiger partial charge on any atom is -0.482 e. The third-order valence-corrected chi connectivity index (χ3v) is 3.90. The van der Waals surface area contributed by atoms with E-state index in [1.54, 1.807) is 36.7 Å². The molecule has 1 aliphatic rings. The lowest BCUT2D eigenvalue weighted by Crippen LogP contribution is -2.23. The first-order chi connectivity index (χ1) is 10.2. The van der Waals surface area contributed by atoms with Crippen molar-refractivity contribution in [1.29, 1.82) is 0 Å². The Morgan fingerprint density at radius 1 is 1.14 bits per heavy atom. The summed E-state index contributed by atoms with van der Waals surface area (Å²) in [7, 11) is 0. The molecule has 21 heavy (non-hydrogen) atoms. The maximum absolute atomic E-state index is 6.11. The van der Waals surface area contributed by atoms with Gasteiger partial charge in [-0.25, -0.2) is 9.97 Å². The van der Waals surface area contributed by atoms with Gasteiger partial charge in [-0.2, -0.15) is 0 Å². The van der Waals surface area contributed by atoms with Gasteiger partial charge in [0, 0.05) is 34.9 Å². The van der Waals surface area contributed by atoms with Crippen molar-refractivity contribution in [3.63, 3.8) is 0 Å². The van der Waals surface area contributed by atoms with Crippen molar-refractivity contribution in [1.82, 2.24) is 15.3 Å². The molecule has 1 aromatic carbocycles. The Morgan fingerprint density at radius 2 is 1.86 bits per heavy atom. The zero-order chi connectivity index (χ0) is 14.7. The molecule has 0 radical (unpaired) electrons. The molecule has 0 amide bonds. The van der Waals surface area contributed by atoms with Crippen LogP contribution >= 0.6 is 23.2 Å². The van der Waals surface area contributed by atoms with Gasteiger partial charge in [0.2, 0.25) is 0 Å². The molecule has 3 rings (SSSR count). The molecular formula is C15H15Cl2N3O. The molecule has 6 heteroatoms. The largest absolute Gasteiger partial charge is 0.482 e. The predicted octanol–water partition coefficient (Wildman–Crippen LogP) is 3.51. The molecular weight excluding hydrogens is 309 g/mol. The SMILES string of the molecule is Clc1cc(Cl)cc(OC(c2ncccn2)[C@H]2CCNC2)c1. The summed E-state index contributed by atoms with van der Waals surface area (Å²) in [4.78, 5) is 8.67. The van der Waals surface area contributed by atoms with E-state index < -0.39 is 0 Å². The maximum atomic E-state index is 6.11. The van der Waals surface area contributed by atoms with E-state index in [0.717, 1.165) is 19.5 Å². The lowest BCUT2D eigenvalue weighted by atomic mass is 10.0. The second-order valence-corrected chi connectivity index (χ2v) is 5.88. The fourth-order valence-corrected chi connectivity index (χ4v) is 3.00. The first-order valence-electron chi connectivity index (χ1n) is 6.83. The van der Waals surface area contributed by atoms with Crippen LogP contribution in [0.1, 0.15) is 18.3 Å². The number of rotatable bonds is 4. The van der Waals surface area contributed by atoms with E-state index in [4.69, 9.17) is 27.9 Å². The van der Waals surface area contributed by atoms with Gasteiger partial charge in [-0.1, -0.05) is 23.2 Å². The molecule has 2 atom stereocenters. The molecule has 1 N–H and O–H groups in total. The van der Waals surface area contributed by atoms with Crippen LogP contribution in [-0.2, 0) is 0 Å². The summed E-state index contributed by atoms with van der Waals surface area (Å²) >= 11 is 12.1. The Labute approximate surface area is 133 Å². The highest BCUT2D eigenvalue weighted by Gasteiger charge is 2.30. The zero-order valence-corrected chi connectivity index (χ0v) is 12.8. The fourth-order valence-electron chi connectivity index (χ4n) is 2.50. The van der Waals surface area contributed by atoms with Gasteiger partial charge in [0.25, 0.3) is 0 Å². The van der Waals surface area contributed by atoms with E-state index >= 15 is 0 Å². The van der Waals surface area contributed by atoms with Gasteiger partial charge in [0.15, 0.2) is 11.9 Å². The van der Waals surface area contributed by atoms with Gasteiger partial charge in [-0.05, 0) is 37.2 Å².